The number of amides is 2. The van der Waals surface area contributed by atoms with E-state index in [1.807, 2.05) is 55.5 Å². The van der Waals surface area contributed by atoms with E-state index in [1.54, 1.807) is 11.8 Å². The second-order valence-corrected chi connectivity index (χ2v) is 6.23. The molecule has 1 heterocycles. The number of carbonyl (C=O) groups excluding carboxylic acids is 2. The Balaban J connectivity index is 1.63. The average molecular weight is 338 g/mol. The van der Waals surface area contributed by atoms with Gasteiger partial charge in [0.15, 0.2) is 6.10 Å². The van der Waals surface area contributed by atoms with Crippen LogP contribution >= 0.6 is 0 Å². The summed E-state index contributed by atoms with van der Waals surface area (Å²) in [6.45, 7) is 4.52. The molecule has 3 rings (SSSR count). The predicted molar refractivity (Wildman–Crippen MR) is 96.5 cm³/mol. The molecule has 1 N–H and O–H groups in total. The lowest BCUT2D eigenvalue weighted by molar-refractivity contribution is -0.125. The summed E-state index contributed by atoms with van der Waals surface area (Å²) in [6.07, 6.45) is -0.291. The molecule has 0 unspecified atom stereocenters. The quantitative estimate of drug-likeness (QED) is 0.912. The van der Waals surface area contributed by atoms with E-state index in [1.165, 1.54) is 0 Å². The Morgan fingerprint density at radius 2 is 1.96 bits per heavy atom. The smallest absolute Gasteiger partial charge is 0.267 e. The van der Waals surface area contributed by atoms with Crippen molar-refractivity contribution < 1.29 is 14.3 Å². The van der Waals surface area contributed by atoms with Crippen molar-refractivity contribution in [3.63, 3.8) is 0 Å². The molecular weight excluding hydrogens is 316 g/mol. The van der Waals surface area contributed by atoms with Crippen LogP contribution < -0.4 is 15.0 Å². The Kier molecular flexibility index (Phi) is 5.03. The minimum atomic E-state index is -0.539. The zero-order chi connectivity index (χ0) is 17.8. The van der Waals surface area contributed by atoms with Crippen molar-refractivity contribution in [3.8, 4) is 5.75 Å². The third kappa shape index (κ3) is 3.99. The minimum absolute atomic E-state index is 0.0787. The van der Waals surface area contributed by atoms with Gasteiger partial charge in [0.1, 0.15) is 5.75 Å². The number of anilines is 1. The lowest BCUT2D eigenvalue weighted by Crippen LogP contribution is -2.45. The van der Waals surface area contributed by atoms with Crippen LogP contribution in [-0.2, 0) is 16.1 Å². The molecular formula is C20H22N2O3. The number of carbonyl (C=O) groups is 2. The van der Waals surface area contributed by atoms with E-state index in [9.17, 15) is 9.59 Å². The van der Waals surface area contributed by atoms with Crippen LogP contribution in [0.4, 0.5) is 5.69 Å². The summed E-state index contributed by atoms with van der Waals surface area (Å²) in [5, 5.41) is 2.89. The molecule has 2 aromatic carbocycles. The fraction of sp³-hybridized carbons (Fsp3) is 0.300. The van der Waals surface area contributed by atoms with Gasteiger partial charge in [0, 0.05) is 19.5 Å². The van der Waals surface area contributed by atoms with Crippen LogP contribution in [0.15, 0.2) is 48.5 Å². The molecule has 130 valence electrons. The van der Waals surface area contributed by atoms with Crippen LogP contribution in [0, 0.1) is 6.92 Å². The van der Waals surface area contributed by atoms with E-state index in [2.05, 4.69) is 5.32 Å². The fourth-order valence-corrected chi connectivity index (χ4v) is 2.85. The van der Waals surface area contributed by atoms with Crippen molar-refractivity contribution in [1.29, 1.82) is 0 Å². The summed E-state index contributed by atoms with van der Waals surface area (Å²) in [6, 6.07) is 15.5. The molecule has 0 saturated carbocycles. The molecule has 0 aliphatic carbocycles. The molecule has 0 fully saturated rings. The molecule has 1 aliphatic rings. The van der Waals surface area contributed by atoms with E-state index in [0.717, 1.165) is 16.8 Å². The van der Waals surface area contributed by atoms with Crippen molar-refractivity contribution in [2.24, 2.45) is 0 Å². The fourth-order valence-electron chi connectivity index (χ4n) is 2.85. The molecule has 0 aromatic heterocycles. The third-order valence-corrected chi connectivity index (χ3v) is 4.22. The molecule has 0 radical (unpaired) electrons. The minimum Gasteiger partial charge on any atom is -0.479 e. The number of benzene rings is 2. The molecule has 1 atom stereocenters. The molecule has 5 heteroatoms. The van der Waals surface area contributed by atoms with Gasteiger partial charge in [-0.15, -0.1) is 0 Å². The van der Waals surface area contributed by atoms with E-state index < -0.39 is 6.10 Å². The zero-order valence-corrected chi connectivity index (χ0v) is 14.5. The van der Waals surface area contributed by atoms with Gasteiger partial charge in [-0.1, -0.05) is 36.4 Å². The monoisotopic (exact) mass is 338 g/mol. The summed E-state index contributed by atoms with van der Waals surface area (Å²) < 4.78 is 5.65. The van der Waals surface area contributed by atoms with Crippen molar-refractivity contribution in [1.82, 2.24) is 5.32 Å². The van der Waals surface area contributed by atoms with Gasteiger partial charge in [0.2, 0.25) is 5.91 Å². The Labute approximate surface area is 147 Å². The predicted octanol–water partition coefficient (Wildman–Crippen LogP) is 2.82. The van der Waals surface area contributed by atoms with Crippen molar-refractivity contribution >= 4 is 17.5 Å². The number of aryl methyl sites for hydroxylation is 1. The van der Waals surface area contributed by atoms with Gasteiger partial charge >= 0.3 is 0 Å². The van der Waals surface area contributed by atoms with Crippen molar-refractivity contribution in [2.75, 3.05) is 11.4 Å². The topological polar surface area (TPSA) is 58.6 Å². The van der Waals surface area contributed by atoms with E-state index in [-0.39, 0.29) is 18.2 Å². The zero-order valence-electron chi connectivity index (χ0n) is 14.5. The van der Waals surface area contributed by atoms with Crippen LogP contribution in [0.3, 0.4) is 0 Å². The normalized spacial score (nSPS) is 16.2. The lowest BCUT2D eigenvalue weighted by Gasteiger charge is -2.33. The first kappa shape index (κ1) is 17.0. The van der Waals surface area contributed by atoms with Gasteiger partial charge in [-0.05, 0) is 37.1 Å². The number of hydrogen-bond donors (Lipinski definition) is 1. The highest BCUT2D eigenvalue weighted by Gasteiger charge is 2.31. The first-order valence-electron chi connectivity index (χ1n) is 8.44. The maximum atomic E-state index is 12.5. The van der Waals surface area contributed by atoms with Gasteiger partial charge in [-0.25, -0.2) is 0 Å². The highest BCUT2D eigenvalue weighted by atomic mass is 16.5. The first-order valence-corrected chi connectivity index (χ1v) is 8.44. The second kappa shape index (κ2) is 7.38. The highest BCUT2D eigenvalue weighted by molar-refractivity contribution is 6.00. The largest absolute Gasteiger partial charge is 0.479 e. The van der Waals surface area contributed by atoms with Crippen molar-refractivity contribution in [3.05, 3.63) is 59.7 Å². The summed E-state index contributed by atoms with van der Waals surface area (Å²) in [7, 11) is 0. The molecule has 0 bridgehead atoms. The Morgan fingerprint density at radius 1 is 1.20 bits per heavy atom. The third-order valence-electron chi connectivity index (χ3n) is 4.22. The molecule has 25 heavy (non-hydrogen) atoms. The summed E-state index contributed by atoms with van der Waals surface area (Å²) in [4.78, 5) is 26.3. The highest BCUT2D eigenvalue weighted by Crippen LogP contribution is 2.34. The molecule has 5 nitrogen and oxygen atoms in total. The molecule has 0 spiro atoms. The van der Waals surface area contributed by atoms with Gasteiger partial charge in [0.05, 0.1) is 5.69 Å². The molecule has 0 saturated heterocycles. The van der Waals surface area contributed by atoms with Crippen LogP contribution in [0.5, 0.6) is 5.75 Å². The van der Waals surface area contributed by atoms with Gasteiger partial charge in [0.25, 0.3) is 5.91 Å². The maximum Gasteiger partial charge on any atom is 0.267 e. The second-order valence-electron chi connectivity index (χ2n) is 6.23. The van der Waals surface area contributed by atoms with Gasteiger partial charge in [-0.2, -0.15) is 0 Å². The van der Waals surface area contributed by atoms with Crippen LogP contribution in [0.1, 0.15) is 24.5 Å². The number of fused-ring (bicyclic) bond motifs is 1. The van der Waals surface area contributed by atoms with E-state index >= 15 is 0 Å². The maximum absolute atomic E-state index is 12.5. The molecule has 2 amide bonds. The van der Waals surface area contributed by atoms with E-state index in [0.29, 0.717) is 18.8 Å². The van der Waals surface area contributed by atoms with E-state index in [4.69, 9.17) is 4.74 Å². The molecule has 1 aliphatic heterocycles. The Bertz CT molecular complexity index is 774. The Morgan fingerprint density at radius 3 is 2.72 bits per heavy atom. The summed E-state index contributed by atoms with van der Waals surface area (Å²) >= 11 is 0. The number of ether oxygens (including phenoxy) is 1. The summed E-state index contributed by atoms with van der Waals surface area (Å²) in [5.74, 6) is 0.487. The van der Waals surface area contributed by atoms with Crippen molar-refractivity contribution in [2.45, 2.75) is 32.9 Å². The average Bonchev–Trinajstić information content (AvgIpc) is 2.62. The SMILES string of the molecule is Cc1ccc2c(c1)N(CCC(=O)NCc1ccccc1)C(=O)[C@H](C)O2. The van der Waals surface area contributed by atoms with Crippen LogP contribution in [0.25, 0.3) is 0 Å². The van der Waals surface area contributed by atoms with Gasteiger partial charge < -0.3 is 15.0 Å². The number of nitrogens with one attached hydrogen (secondary N) is 1. The Hall–Kier alpha value is -2.82. The summed E-state index contributed by atoms with van der Waals surface area (Å²) in [5.41, 5.74) is 2.83. The number of rotatable bonds is 5. The molecule has 2 aromatic rings. The lowest BCUT2D eigenvalue weighted by atomic mass is 10.1. The van der Waals surface area contributed by atoms with Gasteiger partial charge in [-0.3, -0.25) is 9.59 Å². The van der Waals surface area contributed by atoms with Crippen LogP contribution in [0.2, 0.25) is 0 Å². The standard InChI is InChI=1S/C20H22N2O3/c1-14-8-9-18-17(12-14)22(20(24)15(2)25-18)11-10-19(23)21-13-16-6-4-3-5-7-16/h3-9,12,15H,10-11,13H2,1-2H3,(H,21,23)/t15-/m0/s1. The number of hydrogen-bond acceptors (Lipinski definition) is 3. The first-order chi connectivity index (χ1) is 12.0. The van der Waals surface area contributed by atoms with Crippen LogP contribution in [-0.4, -0.2) is 24.5 Å². The number of nitrogens with zero attached hydrogens (tertiary/aromatic N) is 1.